The van der Waals surface area contributed by atoms with Gasteiger partial charge in [0.25, 0.3) is 0 Å². The highest BCUT2D eigenvalue weighted by Crippen LogP contribution is 2.19. The molecule has 4 rings (SSSR count). The summed E-state index contributed by atoms with van der Waals surface area (Å²) in [5, 5.41) is 2.89. The number of pyridine rings is 1. The summed E-state index contributed by atoms with van der Waals surface area (Å²) in [5.41, 5.74) is 6.16. The summed E-state index contributed by atoms with van der Waals surface area (Å²) in [4.78, 5) is 16.7. The van der Waals surface area contributed by atoms with Crippen LogP contribution in [0.5, 0.6) is 0 Å². The second-order valence-corrected chi connectivity index (χ2v) is 6.67. The Balaban J connectivity index is 1.36. The van der Waals surface area contributed by atoms with Crippen LogP contribution in [-0.4, -0.2) is 15.3 Å². The van der Waals surface area contributed by atoms with Crippen molar-refractivity contribution in [3.63, 3.8) is 0 Å². The number of hydrogen-bond acceptors (Lipinski definition) is 2. The van der Waals surface area contributed by atoms with Crippen molar-refractivity contribution >= 4 is 17.6 Å². The molecule has 0 aliphatic rings. The number of aryl methyl sites for hydroxylation is 1. The zero-order valence-electron chi connectivity index (χ0n) is 15.7. The largest absolute Gasteiger partial charge is 0.347 e. The summed E-state index contributed by atoms with van der Waals surface area (Å²) in [6.07, 6.45) is 5.33. The summed E-state index contributed by atoms with van der Waals surface area (Å²) in [5.74, 6) is -0.138. The molecule has 4 nitrogen and oxygen atoms in total. The van der Waals surface area contributed by atoms with Crippen molar-refractivity contribution in [3.8, 4) is 11.1 Å². The lowest BCUT2D eigenvalue weighted by Gasteiger charge is -2.02. The quantitative estimate of drug-likeness (QED) is 0.522. The fraction of sp³-hybridized carbons (Fsp3) is 0.0833. The summed E-state index contributed by atoms with van der Waals surface area (Å²) >= 11 is 0. The van der Waals surface area contributed by atoms with E-state index >= 15 is 0 Å². The zero-order chi connectivity index (χ0) is 19.3. The normalized spacial score (nSPS) is 11.2. The Morgan fingerprint density at radius 3 is 2.46 bits per heavy atom. The van der Waals surface area contributed by atoms with Crippen LogP contribution in [0.15, 0.2) is 85.1 Å². The van der Waals surface area contributed by atoms with Crippen LogP contribution in [0.2, 0.25) is 0 Å². The van der Waals surface area contributed by atoms with E-state index in [1.165, 1.54) is 5.56 Å². The van der Waals surface area contributed by atoms with Crippen LogP contribution in [0.3, 0.4) is 0 Å². The second kappa shape index (κ2) is 7.92. The molecular formula is C24H21N3O. The number of benzene rings is 2. The van der Waals surface area contributed by atoms with Gasteiger partial charge in [0.1, 0.15) is 5.65 Å². The maximum absolute atomic E-state index is 12.1. The predicted octanol–water partition coefficient (Wildman–Crippen LogP) is 4.64. The van der Waals surface area contributed by atoms with Gasteiger partial charge in [-0.25, -0.2) is 4.98 Å². The van der Waals surface area contributed by atoms with E-state index in [2.05, 4.69) is 34.6 Å². The molecular weight excluding hydrogens is 346 g/mol. The van der Waals surface area contributed by atoms with E-state index in [9.17, 15) is 4.79 Å². The molecule has 0 spiro atoms. The van der Waals surface area contributed by atoms with Crippen LogP contribution in [0.25, 0.3) is 22.9 Å². The highest BCUT2D eigenvalue weighted by Gasteiger charge is 2.04. The Bertz CT molecular complexity index is 1130. The molecule has 2 heterocycles. The van der Waals surface area contributed by atoms with E-state index in [4.69, 9.17) is 0 Å². The summed E-state index contributed by atoms with van der Waals surface area (Å²) < 4.78 is 2.02. The molecule has 1 N–H and O–H groups in total. The Morgan fingerprint density at radius 2 is 1.71 bits per heavy atom. The van der Waals surface area contributed by atoms with Gasteiger partial charge in [0.05, 0.1) is 12.2 Å². The van der Waals surface area contributed by atoms with Crippen LogP contribution in [0.4, 0.5) is 0 Å². The monoisotopic (exact) mass is 367 g/mol. The number of fused-ring (bicyclic) bond motifs is 1. The third-order valence-corrected chi connectivity index (χ3v) is 4.63. The number of carbonyl (C=O) groups excluding carboxylic acids is 1. The van der Waals surface area contributed by atoms with Gasteiger partial charge >= 0.3 is 0 Å². The summed E-state index contributed by atoms with van der Waals surface area (Å²) in [6, 6.07) is 24.3. The molecule has 0 bridgehead atoms. The van der Waals surface area contributed by atoms with Gasteiger partial charge in [-0.05, 0) is 41.8 Å². The molecule has 138 valence electrons. The smallest absolute Gasteiger partial charge is 0.244 e. The molecule has 1 amide bonds. The number of aromatic nitrogens is 2. The average Bonchev–Trinajstić information content (AvgIpc) is 3.16. The van der Waals surface area contributed by atoms with Crippen LogP contribution >= 0.6 is 0 Å². The number of rotatable bonds is 5. The second-order valence-electron chi connectivity index (χ2n) is 6.67. The molecule has 2 aromatic carbocycles. The van der Waals surface area contributed by atoms with E-state index in [0.717, 1.165) is 28.2 Å². The van der Waals surface area contributed by atoms with Crippen molar-refractivity contribution in [2.45, 2.75) is 13.5 Å². The fourth-order valence-corrected chi connectivity index (χ4v) is 3.11. The van der Waals surface area contributed by atoms with Gasteiger partial charge in [-0.15, -0.1) is 0 Å². The molecule has 4 heteroatoms. The lowest BCUT2D eigenvalue weighted by Crippen LogP contribution is -2.20. The van der Waals surface area contributed by atoms with Crippen molar-refractivity contribution in [3.05, 3.63) is 102 Å². The van der Waals surface area contributed by atoms with Gasteiger partial charge in [-0.2, -0.15) is 0 Å². The molecule has 0 atom stereocenters. The van der Waals surface area contributed by atoms with Gasteiger partial charge in [-0.3, -0.25) is 4.79 Å². The number of nitrogens with zero attached hydrogens (tertiary/aromatic N) is 2. The third-order valence-electron chi connectivity index (χ3n) is 4.63. The Hall–Kier alpha value is -3.66. The van der Waals surface area contributed by atoms with E-state index < -0.39 is 0 Å². The Labute approximate surface area is 164 Å². The first-order valence-corrected chi connectivity index (χ1v) is 9.24. The molecule has 0 aliphatic heterocycles. The van der Waals surface area contributed by atoms with Gasteiger partial charge in [0, 0.05) is 18.0 Å². The van der Waals surface area contributed by atoms with Crippen LogP contribution in [0.1, 0.15) is 17.0 Å². The SMILES string of the molecule is Cc1cccc2nc(CNC(=O)/C=C/c3ccc(-c4ccccc4)cc3)cn12. The van der Waals surface area contributed by atoms with E-state index in [1.54, 1.807) is 6.08 Å². The maximum Gasteiger partial charge on any atom is 0.244 e. The molecule has 0 saturated carbocycles. The van der Waals surface area contributed by atoms with Gasteiger partial charge in [0.2, 0.25) is 5.91 Å². The van der Waals surface area contributed by atoms with Crippen molar-refractivity contribution in [2.75, 3.05) is 0 Å². The lowest BCUT2D eigenvalue weighted by molar-refractivity contribution is -0.116. The topological polar surface area (TPSA) is 46.4 Å². The lowest BCUT2D eigenvalue weighted by atomic mass is 10.0. The molecule has 4 aromatic rings. The zero-order valence-corrected chi connectivity index (χ0v) is 15.7. The number of imidazole rings is 1. The van der Waals surface area contributed by atoms with Crippen LogP contribution < -0.4 is 5.32 Å². The first-order valence-electron chi connectivity index (χ1n) is 9.24. The number of amides is 1. The van der Waals surface area contributed by atoms with Crippen LogP contribution in [0, 0.1) is 6.92 Å². The van der Waals surface area contributed by atoms with Gasteiger partial charge in [0.15, 0.2) is 0 Å². The van der Waals surface area contributed by atoms with Crippen molar-refractivity contribution < 1.29 is 4.79 Å². The minimum absolute atomic E-state index is 0.138. The third kappa shape index (κ3) is 4.01. The predicted molar refractivity (Wildman–Crippen MR) is 113 cm³/mol. The molecule has 28 heavy (non-hydrogen) atoms. The van der Waals surface area contributed by atoms with Crippen molar-refractivity contribution in [1.82, 2.24) is 14.7 Å². The molecule has 0 aliphatic carbocycles. The van der Waals surface area contributed by atoms with E-state index in [-0.39, 0.29) is 5.91 Å². The standard InChI is InChI=1S/C24H21N3O/c1-18-6-5-9-23-26-22(17-27(18)23)16-25-24(28)15-12-19-10-13-21(14-11-19)20-7-3-2-4-8-20/h2-15,17H,16H2,1H3,(H,25,28)/b15-12+. The highest BCUT2D eigenvalue weighted by atomic mass is 16.1. The van der Waals surface area contributed by atoms with Gasteiger partial charge in [-0.1, -0.05) is 60.7 Å². The molecule has 0 radical (unpaired) electrons. The van der Waals surface area contributed by atoms with E-state index in [0.29, 0.717) is 6.54 Å². The first-order chi connectivity index (χ1) is 13.7. The fourth-order valence-electron chi connectivity index (χ4n) is 3.11. The number of carbonyl (C=O) groups is 1. The highest BCUT2D eigenvalue weighted by molar-refractivity contribution is 5.91. The number of nitrogens with one attached hydrogen (secondary N) is 1. The molecule has 0 unspecified atom stereocenters. The van der Waals surface area contributed by atoms with E-state index in [1.807, 2.05) is 72.1 Å². The minimum atomic E-state index is -0.138. The van der Waals surface area contributed by atoms with Crippen LogP contribution in [-0.2, 0) is 11.3 Å². The summed E-state index contributed by atoms with van der Waals surface area (Å²) in [7, 11) is 0. The Morgan fingerprint density at radius 1 is 0.964 bits per heavy atom. The molecule has 0 saturated heterocycles. The van der Waals surface area contributed by atoms with Gasteiger partial charge < -0.3 is 9.72 Å². The Kier molecular flexibility index (Phi) is 5.02. The van der Waals surface area contributed by atoms with Crippen molar-refractivity contribution in [1.29, 1.82) is 0 Å². The number of hydrogen-bond donors (Lipinski definition) is 1. The maximum atomic E-state index is 12.1. The average molecular weight is 367 g/mol. The molecule has 2 aromatic heterocycles. The minimum Gasteiger partial charge on any atom is -0.347 e. The molecule has 0 fully saturated rings. The van der Waals surface area contributed by atoms with Crippen molar-refractivity contribution in [2.24, 2.45) is 0 Å². The summed E-state index contributed by atoms with van der Waals surface area (Å²) in [6.45, 7) is 2.43. The first kappa shape index (κ1) is 17.7.